The summed E-state index contributed by atoms with van der Waals surface area (Å²) >= 11 is 0. The number of benzene rings is 12. The van der Waals surface area contributed by atoms with Gasteiger partial charge < -0.3 is 13.6 Å². The maximum absolute atomic E-state index is 17.5. The highest BCUT2D eigenvalue weighted by molar-refractivity contribution is 7.49. The predicted octanol–water partition coefficient (Wildman–Crippen LogP) is 21.8. The molecule has 0 aliphatic heterocycles. The number of phosphoric ester groups is 1. The maximum Gasteiger partial charge on any atom is 0.647 e. The van der Waals surface area contributed by atoms with E-state index in [2.05, 4.69) is 221 Å². The minimum absolute atomic E-state index is 0.0366. The van der Waals surface area contributed by atoms with Crippen LogP contribution in [0.3, 0.4) is 0 Å². The second-order valence-electron chi connectivity index (χ2n) is 21.0. The molecule has 0 saturated heterocycles. The van der Waals surface area contributed by atoms with Crippen molar-refractivity contribution in [1.82, 2.24) is 0 Å². The van der Waals surface area contributed by atoms with Crippen LogP contribution in [-0.4, -0.2) is 0 Å². The molecule has 3 atom stereocenters. The highest BCUT2D eigenvalue weighted by Gasteiger charge is 2.39. The number of hydrogen-bond donors (Lipinski definition) is 0. The topological polar surface area (TPSA) is 44.8 Å². The van der Waals surface area contributed by atoms with Crippen LogP contribution in [0.1, 0.15) is 71.9 Å². The Labute approximate surface area is 488 Å². The summed E-state index contributed by atoms with van der Waals surface area (Å²) in [7, 11) is -4.95. The van der Waals surface area contributed by atoms with Gasteiger partial charge in [-0.15, -0.1) is 0 Å². The van der Waals surface area contributed by atoms with Crippen molar-refractivity contribution < 1.29 is 18.1 Å². The fraction of sp³-hybridized carbons (Fsp3) is 0.0769. The summed E-state index contributed by atoms with van der Waals surface area (Å²) in [6, 6.07) is 106. The fourth-order valence-electron chi connectivity index (χ4n) is 11.7. The monoisotopic (exact) mass is 1090 g/mol. The summed E-state index contributed by atoms with van der Waals surface area (Å²) in [6.07, 6.45) is 0. The third kappa shape index (κ3) is 11.5. The van der Waals surface area contributed by atoms with Gasteiger partial charge in [0, 0.05) is 34.4 Å². The van der Waals surface area contributed by atoms with Crippen LogP contribution < -0.4 is 13.6 Å². The van der Waals surface area contributed by atoms with E-state index in [9.17, 15) is 0 Å². The second-order valence-corrected chi connectivity index (χ2v) is 22.5. The highest BCUT2D eigenvalue weighted by atomic mass is 31.2. The van der Waals surface area contributed by atoms with Crippen molar-refractivity contribution >= 4 is 7.82 Å². The standard InChI is InChI=1S/C78H63O4P/c1-55(58-31-13-4-14-32-58)67-49-52-70(76(64-43-25-10-26-44-64)73(67)61-37-19-7-20-38-61)80-83(79,81-71-53-50-68(56(2)59-33-15-5-16-34-59)74(62-39-21-8-22-40-62)77(71)65-45-27-11-28-46-65)82-72-54-51-69(57(3)60-35-17-6-18-36-60)75(63-41-23-9-24-42-63)78(72)66-47-29-12-30-48-66/h4-57H,1-3H3. The van der Waals surface area contributed by atoms with Gasteiger partial charge in [-0.3, -0.25) is 0 Å². The average Bonchev–Trinajstić information content (AvgIpc) is 2.85. The minimum Gasteiger partial charge on any atom is -0.385 e. The van der Waals surface area contributed by atoms with Crippen LogP contribution in [0.15, 0.2) is 309 Å². The molecule has 0 N–H and O–H groups in total. The zero-order valence-corrected chi connectivity index (χ0v) is 47.7. The number of phosphoric acid groups is 1. The van der Waals surface area contributed by atoms with Crippen molar-refractivity contribution in [3.8, 4) is 84.0 Å². The summed E-state index contributed by atoms with van der Waals surface area (Å²) in [5.41, 5.74) is 17.4. The molecule has 0 aliphatic rings. The van der Waals surface area contributed by atoms with Gasteiger partial charge in [-0.05, 0) is 102 Å². The predicted molar refractivity (Wildman–Crippen MR) is 343 cm³/mol. The van der Waals surface area contributed by atoms with Gasteiger partial charge in [0.1, 0.15) is 17.2 Å². The van der Waals surface area contributed by atoms with E-state index in [1.165, 1.54) is 0 Å². The van der Waals surface area contributed by atoms with Gasteiger partial charge in [0.25, 0.3) is 0 Å². The number of rotatable bonds is 18. The lowest BCUT2D eigenvalue weighted by molar-refractivity contribution is 0.299. The van der Waals surface area contributed by atoms with E-state index in [-0.39, 0.29) is 17.8 Å². The molecule has 0 spiro atoms. The van der Waals surface area contributed by atoms with Gasteiger partial charge in [0.2, 0.25) is 0 Å². The van der Waals surface area contributed by atoms with Gasteiger partial charge in [-0.1, -0.05) is 312 Å². The Bertz CT molecular complexity index is 3710. The van der Waals surface area contributed by atoms with Crippen LogP contribution in [0.25, 0.3) is 66.8 Å². The van der Waals surface area contributed by atoms with Crippen LogP contribution in [0, 0.1) is 0 Å². The van der Waals surface area contributed by atoms with Crippen LogP contribution in [0.4, 0.5) is 0 Å². The molecule has 5 heteroatoms. The molecule has 0 fully saturated rings. The Hall–Kier alpha value is -9.73. The smallest absolute Gasteiger partial charge is 0.385 e. The molecule has 12 aromatic rings. The summed E-state index contributed by atoms with van der Waals surface area (Å²) in [5, 5.41) is 0. The molecule has 0 amide bonds. The Balaban J connectivity index is 1.14. The van der Waals surface area contributed by atoms with Gasteiger partial charge >= 0.3 is 7.82 Å². The zero-order valence-electron chi connectivity index (χ0n) is 46.8. The molecule has 12 aromatic carbocycles. The van der Waals surface area contributed by atoms with Crippen molar-refractivity contribution in [2.24, 2.45) is 0 Å². The van der Waals surface area contributed by atoms with E-state index in [0.29, 0.717) is 17.2 Å². The lowest BCUT2D eigenvalue weighted by atomic mass is 9.82. The van der Waals surface area contributed by atoms with Crippen molar-refractivity contribution in [3.63, 3.8) is 0 Å². The molecule has 3 unspecified atom stereocenters. The van der Waals surface area contributed by atoms with Gasteiger partial charge in [0.05, 0.1) is 0 Å². The molecule has 4 nitrogen and oxygen atoms in total. The summed E-state index contributed by atoms with van der Waals surface area (Å²) < 4.78 is 39.6. The van der Waals surface area contributed by atoms with Crippen LogP contribution in [-0.2, 0) is 4.57 Å². The van der Waals surface area contributed by atoms with Crippen molar-refractivity contribution in [3.05, 3.63) is 343 Å². The lowest BCUT2D eigenvalue weighted by Crippen LogP contribution is -2.12. The third-order valence-corrected chi connectivity index (χ3v) is 17.2. The lowest BCUT2D eigenvalue weighted by Gasteiger charge is -2.28. The molecule has 12 rings (SSSR count). The molecule has 0 heterocycles. The van der Waals surface area contributed by atoms with E-state index in [0.717, 1.165) is 100 Å². The summed E-state index contributed by atoms with van der Waals surface area (Å²) in [5.74, 6) is 0.891. The van der Waals surface area contributed by atoms with E-state index >= 15 is 4.57 Å². The Morgan fingerprint density at radius 2 is 0.410 bits per heavy atom. The first-order chi connectivity index (χ1) is 40.8. The van der Waals surface area contributed by atoms with E-state index < -0.39 is 7.82 Å². The highest BCUT2D eigenvalue weighted by Crippen LogP contribution is 2.59. The quantitative estimate of drug-likeness (QED) is 0.0803. The van der Waals surface area contributed by atoms with Crippen LogP contribution in [0.2, 0.25) is 0 Å². The molecular formula is C78H63O4P. The van der Waals surface area contributed by atoms with Gasteiger partial charge in [0.15, 0.2) is 0 Å². The number of hydrogen-bond acceptors (Lipinski definition) is 4. The first kappa shape index (κ1) is 53.9. The van der Waals surface area contributed by atoms with Gasteiger partial charge in [-0.25, -0.2) is 0 Å². The Morgan fingerprint density at radius 3 is 0.614 bits per heavy atom. The molecule has 0 bridgehead atoms. The summed E-state index contributed by atoms with van der Waals surface area (Å²) in [6.45, 7) is 6.71. The zero-order chi connectivity index (χ0) is 56.5. The van der Waals surface area contributed by atoms with E-state index in [1.807, 2.05) is 109 Å². The second kappa shape index (κ2) is 24.6. The third-order valence-electron chi connectivity index (χ3n) is 15.9. The van der Waals surface area contributed by atoms with E-state index in [1.54, 1.807) is 0 Å². The Kier molecular flexibility index (Phi) is 15.9. The molecule has 0 aliphatic carbocycles. The van der Waals surface area contributed by atoms with E-state index in [4.69, 9.17) is 13.6 Å². The normalized spacial score (nSPS) is 13.0. The fourth-order valence-corrected chi connectivity index (χ4v) is 13.0. The summed E-state index contributed by atoms with van der Waals surface area (Å²) in [4.78, 5) is 0. The average molecular weight is 1100 g/mol. The molecule has 0 saturated carbocycles. The first-order valence-electron chi connectivity index (χ1n) is 28.5. The SMILES string of the molecule is CC(c1ccccc1)c1ccc(OP(=O)(Oc2ccc(C(C)c3ccccc3)c(-c3ccccc3)c2-c2ccccc2)Oc2ccc(C(C)c3ccccc3)c(-c3ccccc3)c2-c2ccccc2)c(-c2ccccc2)c1-c1ccccc1. The molecule has 404 valence electrons. The molecular weight excluding hydrogens is 1030 g/mol. The van der Waals surface area contributed by atoms with Crippen molar-refractivity contribution in [1.29, 1.82) is 0 Å². The molecule has 83 heavy (non-hydrogen) atoms. The van der Waals surface area contributed by atoms with Crippen LogP contribution in [0.5, 0.6) is 17.2 Å². The Morgan fingerprint density at radius 1 is 0.229 bits per heavy atom. The molecule has 0 aromatic heterocycles. The van der Waals surface area contributed by atoms with Crippen LogP contribution >= 0.6 is 7.82 Å². The van der Waals surface area contributed by atoms with Crippen molar-refractivity contribution in [2.75, 3.05) is 0 Å². The molecule has 0 radical (unpaired) electrons. The van der Waals surface area contributed by atoms with Crippen molar-refractivity contribution in [2.45, 2.75) is 38.5 Å². The van der Waals surface area contributed by atoms with Gasteiger partial charge in [-0.2, -0.15) is 4.57 Å². The maximum atomic E-state index is 17.5. The first-order valence-corrected chi connectivity index (χ1v) is 29.9. The largest absolute Gasteiger partial charge is 0.647 e. The minimum atomic E-state index is -4.95.